The molecule has 0 aromatic carbocycles. The third kappa shape index (κ3) is 3.81. The van der Waals surface area contributed by atoms with Gasteiger partial charge in [-0.25, -0.2) is 0 Å². The molecule has 18 heavy (non-hydrogen) atoms. The molecule has 1 saturated carbocycles. The van der Waals surface area contributed by atoms with E-state index in [1.807, 2.05) is 0 Å². The highest BCUT2D eigenvalue weighted by molar-refractivity contribution is 5.02. The molecule has 0 amide bonds. The molecule has 0 aromatic rings. The highest BCUT2D eigenvalue weighted by Gasteiger charge is 2.33. The minimum atomic E-state index is 0.490. The van der Waals surface area contributed by atoms with Gasteiger partial charge in [0.1, 0.15) is 0 Å². The van der Waals surface area contributed by atoms with Crippen molar-refractivity contribution < 1.29 is 4.74 Å². The number of hydrogen-bond donors (Lipinski definition) is 1. The zero-order chi connectivity index (χ0) is 12.8. The van der Waals surface area contributed by atoms with Gasteiger partial charge in [-0.05, 0) is 31.4 Å². The van der Waals surface area contributed by atoms with Gasteiger partial charge in [-0.2, -0.15) is 0 Å². The Hall–Kier alpha value is -0.380. The van der Waals surface area contributed by atoms with Crippen LogP contribution in [0.3, 0.4) is 0 Å². The number of nitrogens with one attached hydrogen (secondary N) is 1. The second-order valence-electron chi connectivity index (χ2n) is 5.66. The quantitative estimate of drug-likeness (QED) is 0.579. The van der Waals surface area contributed by atoms with Crippen LogP contribution in [0.2, 0.25) is 0 Å². The van der Waals surface area contributed by atoms with Crippen LogP contribution in [0.5, 0.6) is 0 Å². The molecule has 1 aliphatic carbocycles. The van der Waals surface area contributed by atoms with Gasteiger partial charge in [0.15, 0.2) is 0 Å². The maximum atomic E-state index is 5.91. The summed E-state index contributed by atoms with van der Waals surface area (Å²) < 4.78 is 5.91. The molecule has 2 unspecified atom stereocenters. The van der Waals surface area contributed by atoms with Crippen molar-refractivity contribution in [3.63, 3.8) is 0 Å². The number of nitrogens with zero attached hydrogens (tertiary/aromatic N) is 1. The topological polar surface area (TPSA) is 24.5 Å². The molecule has 0 spiro atoms. The normalized spacial score (nSPS) is 28.9. The van der Waals surface area contributed by atoms with Crippen LogP contribution >= 0.6 is 0 Å². The van der Waals surface area contributed by atoms with Gasteiger partial charge in [-0.3, -0.25) is 4.90 Å². The lowest BCUT2D eigenvalue weighted by Gasteiger charge is -2.44. The predicted molar refractivity (Wildman–Crippen MR) is 75.9 cm³/mol. The standard InChI is InChI=1S/C15H28N2O/c1-3-8-16-11-13(2)12-17-9-10-18-15-7-5-4-6-14(15)17/h14-16H,2-12H2,1H3. The van der Waals surface area contributed by atoms with E-state index in [1.54, 1.807) is 0 Å². The lowest BCUT2D eigenvalue weighted by atomic mass is 9.90. The van der Waals surface area contributed by atoms with E-state index in [-0.39, 0.29) is 0 Å². The van der Waals surface area contributed by atoms with Gasteiger partial charge < -0.3 is 10.1 Å². The maximum absolute atomic E-state index is 5.91. The van der Waals surface area contributed by atoms with Crippen LogP contribution in [0.15, 0.2) is 12.2 Å². The van der Waals surface area contributed by atoms with Crippen molar-refractivity contribution in [3.8, 4) is 0 Å². The first kappa shape index (κ1) is 14.0. The Bertz CT molecular complexity index is 265. The third-order valence-electron chi connectivity index (χ3n) is 4.08. The first-order chi connectivity index (χ1) is 8.81. The smallest absolute Gasteiger partial charge is 0.0731 e. The van der Waals surface area contributed by atoms with Crippen LogP contribution in [-0.2, 0) is 4.74 Å². The Morgan fingerprint density at radius 2 is 2.22 bits per heavy atom. The molecule has 2 aliphatic rings. The summed E-state index contributed by atoms with van der Waals surface area (Å²) in [6.07, 6.45) is 6.94. The van der Waals surface area contributed by atoms with Crippen molar-refractivity contribution >= 4 is 0 Å². The molecule has 1 heterocycles. The molecule has 1 saturated heterocycles. The average molecular weight is 252 g/mol. The first-order valence-electron chi connectivity index (χ1n) is 7.54. The van der Waals surface area contributed by atoms with Gasteiger partial charge in [-0.15, -0.1) is 0 Å². The first-order valence-corrected chi connectivity index (χ1v) is 7.54. The van der Waals surface area contributed by atoms with Gasteiger partial charge >= 0.3 is 0 Å². The lowest BCUT2D eigenvalue weighted by molar-refractivity contribution is -0.0849. The zero-order valence-electron chi connectivity index (χ0n) is 11.8. The predicted octanol–water partition coefficient (Wildman–Crippen LogP) is 2.19. The molecule has 104 valence electrons. The molecule has 2 rings (SSSR count). The summed E-state index contributed by atoms with van der Waals surface area (Å²) in [5.41, 5.74) is 1.31. The molecule has 2 fully saturated rings. The lowest BCUT2D eigenvalue weighted by Crippen LogP contribution is -2.53. The molecule has 0 aromatic heterocycles. The van der Waals surface area contributed by atoms with Gasteiger partial charge in [0.25, 0.3) is 0 Å². The van der Waals surface area contributed by atoms with Gasteiger partial charge in [0.2, 0.25) is 0 Å². The SMILES string of the molecule is C=C(CNCCC)CN1CCOC2CCCCC21. The summed E-state index contributed by atoms with van der Waals surface area (Å²) in [4.78, 5) is 2.60. The largest absolute Gasteiger partial charge is 0.375 e. The zero-order valence-corrected chi connectivity index (χ0v) is 11.8. The fourth-order valence-electron chi connectivity index (χ4n) is 3.16. The molecule has 1 N–H and O–H groups in total. The Labute approximate surface area is 112 Å². The van der Waals surface area contributed by atoms with Crippen LogP contribution in [-0.4, -0.2) is 49.8 Å². The number of hydrogen-bond acceptors (Lipinski definition) is 3. The summed E-state index contributed by atoms with van der Waals surface area (Å²) in [5.74, 6) is 0. The van der Waals surface area contributed by atoms with Crippen molar-refractivity contribution in [2.45, 2.75) is 51.2 Å². The van der Waals surface area contributed by atoms with E-state index in [2.05, 4.69) is 23.7 Å². The number of morpholine rings is 1. The van der Waals surface area contributed by atoms with Crippen molar-refractivity contribution in [3.05, 3.63) is 12.2 Å². The summed E-state index contributed by atoms with van der Waals surface area (Å²) in [6.45, 7) is 11.5. The van der Waals surface area contributed by atoms with Crippen molar-refractivity contribution in [2.75, 3.05) is 32.8 Å². The minimum Gasteiger partial charge on any atom is -0.375 e. The van der Waals surface area contributed by atoms with Crippen LogP contribution in [0.4, 0.5) is 0 Å². The Morgan fingerprint density at radius 1 is 1.39 bits per heavy atom. The number of rotatable bonds is 6. The molecule has 2 atom stereocenters. The van der Waals surface area contributed by atoms with E-state index in [0.29, 0.717) is 12.1 Å². The van der Waals surface area contributed by atoms with E-state index >= 15 is 0 Å². The number of ether oxygens (including phenoxy) is 1. The monoisotopic (exact) mass is 252 g/mol. The fraction of sp³-hybridized carbons (Fsp3) is 0.867. The molecule has 0 radical (unpaired) electrons. The average Bonchev–Trinajstić information content (AvgIpc) is 2.39. The molecule has 1 aliphatic heterocycles. The van der Waals surface area contributed by atoms with E-state index in [4.69, 9.17) is 4.74 Å². The van der Waals surface area contributed by atoms with Gasteiger partial charge in [0, 0.05) is 25.7 Å². The molecule has 0 bridgehead atoms. The minimum absolute atomic E-state index is 0.490. The molecule has 3 nitrogen and oxygen atoms in total. The summed E-state index contributed by atoms with van der Waals surface area (Å²) in [6, 6.07) is 0.649. The van der Waals surface area contributed by atoms with Gasteiger partial charge in [-0.1, -0.05) is 26.3 Å². The molecular formula is C15H28N2O. The van der Waals surface area contributed by atoms with Crippen molar-refractivity contribution in [1.82, 2.24) is 10.2 Å². The Morgan fingerprint density at radius 3 is 3.06 bits per heavy atom. The van der Waals surface area contributed by atoms with Crippen LogP contribution in [0, 0.1) is 0 Å². The fourth-order valence-corrected chi connectivity index (χ4v) is 3.16. The summed E-state index contributed by atoms with van der Waals surface area (Å²) >= 11 is 0. The Balaban J connectivity index is 1.78. The van der Waals surface area contributed by atoms with Crippen LogP contribution in [0.1, 0.15) is 39.0 Å². The van der Waals surface area contributed by atoms with Crippen molar-refractivity contribution in [2.24, 2.45) is 0 Å². The highest BCUT2D eigenvalue weighted by Crippen LogP contribution is 2.28. The highest BCUT2D eigenvalue weighted by atomic mass is 16.5. The van der Waals surface area contributed by atoms with Crippen molar-refractivity contribution in [1.29, 1.82) is 0 Å². The summed E-state index contributed by atoms with van der Waals surface area (Å²) in [7, 11) is 0. The third-order valence-corrected chi connectivity index (χ3v) is 4.08. The van der Waals surface area contributed by atoms with E-state index in [1.165, 1.54) is 37.7 Å². The molecule has 3 heteroatoms. The van der Waals surface area contributed by atoms with Gasteiger partial charge in [0.05, 0.1) is 12.7 Å². The second kappa shape index (κ2) is 7.27. The van der Waals surface area contributed by atoms with E-state index in [0.717, 1.165) is 32.8 Å². The van der Waals surface area contributed by atoms with E-state index in [9.17, 15) is 0 Å². The van der Waals surface area contributed by atoms with E-state index < -0.39 is 0 Å². The molecular weight excluding hydrogens is 224 g/mol. The Kier molecular flexibility index (Phi) is 5.67. The summed E-state index contributed by atoms with van der Waals surface area (Å²) in [5, 5.41) is 3.44. The second-order valence-corrected chi connectivity index (χ2v) is 5.66. The number of fused-ring (bicyclic) bond motifs is 1. The maximum Gasteiger partial charge on any atom is 0.0731 e. The van der Waals surface area contributed by atoms with Crippen LogP contribution in [0.25, 0.3) is 0 Å². The van der Waals surface area contributed by atoms with Crippen LogP contribution < -0.4 is 5.32 Å².